The van der Waals surface area contributed by atoms with E-state index in [9.17, 15) is 0 Å². The summed E-state index contributed by atoms with van der Waals surface area (Å²) in [6.07, 6.45) is 2.49. The lowest BCUT2D eigenvalue weighted by Gasteiger charge is -2.25. The summed E-state index contributed by atoms with van der Waals surface area (Å²) in [4.78, 5) is 4.53. The molecule has 1 heterocycles. The van der Waals surface area contributed by atoms with Crippen molar-refractivity contribution in [2.75, 3.05) is 0 Å². The number of hydrogen-bond donors (Lipinski definition) is 1. The number of nitrogens with zero attached hydrogens (tertiary/aromatic N) is 1. The largest absolute Gasteiger partial charge is 0.306 e. The molecule has 2 nitrogen and oxygen atoms in total. The van der Waals surface area contributed by atoms with Gasteiger partial charge in [0.15, 0.2) is 0 Å². The van der Waals surface area contributed by atoms with Crippen LogP contribution in [-0.2, 0) is 0 Å². The average Bonchev–Trinajstić information content (AvgIpc) is 2.66. The second-order valence-corrected chi connectivity index (χ2v) is 5.61. The summed E-state index contributed by atoms with van der Waals surface area (Å²) >= 11 is 1.73. The molecule has 0 spiro atoms. The van der Waals surface area contributed by atoms with E-state index >= 15 is 0 Å². The first-order valence-electron chi connectivity index (χ1n) is 6.26. The Labute approximate surface area is 103 Å². The molecule has 0 fully saturated rings. The van der Waals surface area contributed by atoms with E-state index in [0.29, 0.717) is 12.1 Å². The van der Waals surface area contributed by atoms with Crippen LogP contribution in [0.4, 0.5) is 0 Å². The molecule has 0 aliphatic heterocycles. The van der Waals surface area contributed by atoms with Gasteiger partial charge in [-0.3, -0.25) is 0 Å². The fraction of sp³-hybridized carbons (Fsp3) is 0.769. The predicted octanol–water partition coefficient (Wildman–Crippen LogP) is 3.93. The standard InChI is InChI=1S/C13H24N2S/c1-6-12(7-2)9(3)14-10(4)13-8-16-11(5)15-13/h8-10,12,14H,6-7H2,1-5H3. The van der Waals surface area contributed by atoms with Crippen molar-refractivity contribution in [2.24, 2.45) is 5.92 Å². The molecule has 2 atom stereocenters. The third-order valence-corrected chi connectivity index (χ3v) is 4.14. The van der Waals surface area contributed by atoms with Gasteiger partial charge >= 0.3 is 0 Å². The quantitative estimate of drug-likeness (QED) is 0.815. The van der Waals surface area contributed by atoms with E-state index in [0.717, 1.165) is 10.9 Å². The second kappa shape index (κ2) is 6.36. The van der Waals surface area contributed by atoms with Crippen LogP contribution >= 0.6 is 11.3 Å². The highest BCUT2D eigenvalue weighted by atomic mass is 32.1. The molecule has 0 aliphatic carbocycles. The molecule has 3 heteroatoms. The van der Waals surface area contributed by atoms with Crippen LogP contribution in [0.3, 0.4) is 0 Å². The monoisotopic (exact) mass is 240 g/mol. The molecular formula is C13H24N2S. The summed E-state index contributed by atoms with van der Waals surface area (Å²) in [7, 11) is 0. The fourth-order valence-electron chi connectivity index (χ4n) is 2.19. The zero-order valence-corrected chi connectivity index (χ0v) is 11.9. The van der Waals surface area contributed by atoms with Gasteiger partial charge in [-0.15, -0.1) is 11.3 Å². The Bertz CT molecular complexity index is 305. The summed E-state index contributed by atoms with van der Waals surface area (Å²) in [5.41, 5.74) is 1.18. The third-order valence-electron chi connectivity index (χ3n) is 3.35. The molecule has 0 aliphatic rings. The van der Waals surface area contributed by atoms with Gasteiger partial charge in [-0.1, -0.05) is 26.7 Å². The van der Waals surface area contributed by atoms with Crippen LogP contribution in [0.1, 0.15) is 57.3 Å². The van der Waals surface area contributed by atoms with E-state index in [4.69, 9.17) is 0 Å². The Hall–Kier alpha value is -0.410. The SMILES string of the molecule is CCC(CC)C(C)NC(C)c1csc(C)n1. The van der Waals surface area contributed by atoms with Crippen LogP contribution in [0, 0.1) is 12.8 Å². The summed E-state index contributed by atoms with van der Waals surface area (Å²) in [6.45, 7) is 11.1. The molecule has 0 saturated heterocycles. The number of rotatable bonds is 6. The third kappa shape index (κ3) is 3.56. The number of thiazole rings is 1. The van der Waals surface area contributed by atoms with Crippen molar-refractivity contribution < 1.29 is 0 Å². The van der Waals surface area contributed by atoms with Crippen molar-refractivity contribution in [2.45, 2.75) is 59.5 Å². The van der Waals surface area contributed by atoms with E-state index in [1.54, 1.807) is 11.3 Å². The minimum atomic E-state index is 0.362. The van der Waals surface area contributed by atoms with Crippen LogP contribution in [0.15, 0.2) is 5.38 Å². The van der Waals surface area contributed by atoms with Crippen molar-refractivity contribution in [3.63, 3.8) is 0 Å². The molecule has 92 valence electrons. The van der Waals surface area contributed by atoms with Gasteiger partial charge in [-0.25, -0.2) is 4.98 Å². The zero-order chi connectivity index (χ0) is 12.1. The minimum absolute atomic E-state index is 0.362. The predicted molar refractivity (Wildman–Crippen MR) is 71.9 cm³/mol. The maximum Gasteiger partial charge on any atom is 0.0898 e. The summed E-state index contributed by atoms with van der Waals surface area (Å²) in [5, 5.41) is 6.97. The van der Waals surface area contributed by atoms with E-state index in [1.165, 1.54) is 18.5 Å². The van der Waals surface area contributed by atoms with Crippen LogP contribution in [0.25, 0.3) is 0 Å². The second-order valence-electron chi connectivity index (χ2n) is 4.54. The first-order chi connectivity index (χ1) is 7.58. The Kier molecular flexibility index (Phi) is 5.42. The number of aromatic nitrogens is 1. The maximum atomic E-state index is 4.53. The van der Waals surface area contributed by atoms with Gasteiger partial charge in [-0.2, -0.15) is 0 Å². The fourth-order valence-corrected chi connectivity index (χ4v) is 2.90. The normalized spacial score (nSPS) is 15.4. The average molecular weight is 240 g/mol. The Morgan fingerprint density at radius 2 is 1.94 bits per heavy atom. The van der Waals surface area contributed by atoms with Gasteiger partial charge in [0, 0.05) is 17.5 Å². The van der Waals surface area contributed by atoms with Gasteiger partial charge in [0.25, 0.3) is 0 Å². The molecule has 16 heavy (non-hydrogen) atoms. The minimum Gasteiger partial charge on any atom is -0.306 e. The highest BCUT2D eigenvalue weighted by Gasteiger charge is 2.17. The molecule has 1 rings (SSSR count). The maximum absolute atomic E-state index is 4.53. The lowest BCUT2D eigenvalue weighted by molar-refractivity contribution is 0.328. The molecular weight excluding hydrogens is 216 g/mol. The Morgan fingerprint density at radius 1 is 1.31 bits per heavy atom. The zero-order valence-electron chi connectivity index (χ0n) is 11.1. The lowest BCUT2D eigenvalue weighted by Crippen LogP contribution is -2.35. The lowest BCUT2D eigenvalue weighted by atomic mass is 9.95. The van der Waals surface area contributed by atoms with E-state index < -0.39 is 0 Å². The van der Waals surface area contributed by atoms with Gasteiger partial charge in [0.05, 0.1) is 10.7 Å². The molecule has 0 aromatic carbocycles. The highest BCUT2D eigenvalue weighted by molar-refractivity contribution is 7.09. The number of nitrogens with one attached hydrogen (secondary N) is 1. The molecule has 0 saturated carbocycles. The van der Waals surface area contributed by atoms with Crippen molar-refractivity contribution in [1.29, 1.82) is 0 Å². The smallest absolute Gasteiger partial charge is 0.0898 e. The molecule has 2 unspecified atom stereocenters. The van der Waals surface area contributed by atoms with E-state index in [1.807, 2.05) is 0 Å². The van der Waals surface area contributed by atoms with Crippen LogP contribution in [-0.4, -0.2) is 11.0 Å². The van der Waals surface area contributed by atoms with Crippen LogP contribution in [0.2, 0.25) is 0 Å². The van der Waals surface area contributed by atoms with Crippen LogP contribution < -0.4 is 5.32 Å². The number of aryl methyl sites for hydroxylation is 1. The molecule has 1 aromatic heterocycles. The molecule has 0 bridgehead atoms. The number of hydrogen-bond acceptors (Lipinski definition) is 3. The van der Waals surface area contributed by atoms with Crippen molar-refractivity contribution in [3.05, 3.63) is 16.1 Å². The molecule has 1 aromatic rings. The summed E-state index contributed by atoms with van der Waals surface area (Å²) in [6, 6.07) is 0.924. The molecule has 0 radical (unpaired) electrons. The van der Waals surface area contributed by atoms with E-state index in [-0.39, 0.29) is 0 Å². The van der Waals surface area contributed by atoms with Gasteiger partial charge < -0.3 is 5.32 Å². The van der Waals surface area contributed by atoms with Gasteiger partial charge in [0.2, 0.25) is 0 Å². The van der Waals surface area contributed by atoms with Crippen molar-refractivity contribution in [1.82, 2.24) is 10.3 Å². The molecule has 1 N–H and O–H groups in total. The van der Waals surface area contributed by atoms with Crippen molar-refractivity contribution in [3.8, 4) is 0 Å². The Balaban J connectivity index is 2.53. The Morgan fingerprint density at radius 3 is 2.38 bits per heavy atom. The molecule has 0 amide bonds. The van der Waals surface area contributed by atoms with E-state index in [2.05, 4.69) is 50.3 Å². The topological polar surface area (TPSA) is 24.9 Å². The van der Waals surface area contributed by atoms with Gasteiger partial charge in [0.1, 0.15) is 0 Å². The van der Waals surface area contributed by atoms with Gasteiger partial charge in [-0.05, 0) is 26.7 Å². The van der Waals surface area contributed by atoms with Crippen LogP contribution in [0.5, 0.6) is 0 Å². The summed E-state index contributed by atoms with van der Waals surface area (Å²) in [5.74, 6) is 0.766. The first kappa shape index (κ1) is 13.7. The van der Waals surface area contributed by atoms with Crippen molar-refractivity contribution >= 4 is 11.3 Å². The highest BCUT2D eigenvalue weighted by Crippen LogP contribution is 2.19. The summed E-state index contributed by atoms with van der Waals surface area (Å²) < 4.78 is 0. The first-order valence-corrected chi connectivity index (χ1v) is 7.14.